The van der Waals surface area contributed by atoms with Crippen molar-refractivity contribution in [3.05, 3.63) is 35.4 Å². The molecule has 6 nitrogen and oxygen atoms in total. The predicted molar refractivity (Wildman–Crippen MR) is 75.5 cm³/mol. The van der Waals surface area contributed by atoms with Crippen LogP contribution in [0.2, 0.25) is 0 Å². The van der Waals surface area contributed by atoms with Gasteiger partial charge in [-0.3, -0.25) is 4.90 Å². The highest BCUT2D eigenvalue weighted by Gasteiger charge is 2.60. The molecule has 6 heteroatoms. The van der Waals surface area contributed by atoms with Gasteiger partial charge in [0, 0.05) is 18.2 Å². The quantitative estimate of drug-likeness (QED) is 0.586. The Kier molecular flexibility index (Phi) is 2.36. The molecule has 3 aliphatic heterocycles. The third-order valence-corrected chi connectivity index (χ3v) is 5.55. The molecular weight excluding hydrogens is 286 g/mol. The number of aliphatic hydroxyl groups is 3. The normalized spacial score (nSPS) is 43.9. The van der Waals surface area contributed by atoms with Crippen molar-refractivity contribution >= 4 is 0 Å². The molecule has 1 fully saturated rings. The van der Waals surface area contributed by atoms with Crippen LogP contribution in [-0.2, 0) is 5.41 Å². The molecule has 4 aliphatic rings. The predicted octanol–water partition coefficient (Wildman–Crippen LogP) is 0.0235. The number of benzene rings is 1. The van der Waals surface area contributed by atoms with Gasteiger partial charge in [0.15, 0.2) is 11.5 Å². The largest absolute Gasteiger partial charge is 0.454 e. The van der Waals surface area contributed by atoms with E-state index in [4.69, 9.17) is 9.47 Å². The second-order valence-electron chi connectivity index (χ2n) is 6.49. The first-order valence-electron chi connectivity index (χ1n) is 7.54. The van der Waals surface area contributed by atoms with Gasteiger partial charge >= 0.3 is 0 Å². The third kappa shape index (κ3) is 1.34. The number of hydrogen-bond donors (Lipinski definition) is 3. The zero-order chi connectivity index (χ0) is 15.1. The lowest BCUT2D eigenvalue weighted by Crippen LogP contribution is -2.53. The van der Waals surface area contributed by atoms with E-state index in [2.05, 4.69) is 0 Å². The van der Waals surface area contributed by atoms with Crippen molar-refractivity contribution in [3.63, 3.8) is 0 Å². The lowest BCUT2D eigenvalue weighted by molar-refractivity contribution is -0.0364. The summed E-state index contributed by atoms with van der Waals surface area (Å²) in [5.41, 5.74) is 1.02. The summed E-state index contributed by atoms with van der Waals surface area (Å²) in [6.07, 6.45) is 2.17. The molecule has 1 aromatic carbocycles. The van der Waals surface area contributed by atoms with E-state index in [1.165, 1.54) is 0 Å². The van der Waals surface area contributed by atoms with Gasteiger partial charge in [-0.1, -0.05) is 12.2 Å². The minimum absolute atomic E-state index is 0.120. The van der Waals surface area contributed by atoms with Gasteiger partial charge in [-0.05, 0) is 24.1 Å². The highest BCUT2D eigenvalue weighted by molar-refractivity contribution is 5.57. The summed E-state index contributed by atoms with van der Waals surface area (Å²) in [5, 5.41) is 31.4. The molecule has 5 rings (SSSR count). The summed E-state index contributed by atoms with van der Waals surface area (Å²) in [6.45, 7) is 0.551. The van der Waals surface area contributed by atoms with Gasteiger partial charge in [0.2, 0.25) is 6.79 Å². The summed E-state index contributed by atoms with van der Waals surface area (Å²) in [6, 6.07) is 3.57. The van der Waals surface area contributed by atoms with Gasteiger partial charge in [0.05, 0.1) is 17.6 Å². The van der Waals surface area contributed by atoms with E-state index in [1.807, 2.05) is 23.1 Å². The van der Waals surface area contributed by atoms with Crippen molar-refractivity contribution in [2.75, 3.05) is 13.3 Å². The number of fused-ring (bicyclic) bond motifs is 2. The molecular formula is C16H17NO5. The van der Waals surface area contributed by atoms with Crippen molar-refractivity contribution < 1.29 is 24.8 Å². The van der Waals surface area contributed by atoms with Crippen molar-refractivity contribution in [3.8, 4) is 11.5 Å². The maximum Gasteiger partial charge on any atom is 0.231 e. The summed E-state index contributed by atoms with van der Waals surface area (Å²) in [4.78, 5) is 1.88. The SMILES string of the molecule is O[C@@H]1c2cc3c(cc2[C@@]24C=C[C@H](O)C[C@@H]2N1C[C@@H]4O)OCO3. The van der Waals surface area contributed by atoms with E-state index in [9.17, 15) is 15.3 Å². The molecule has 1 saturated heterocycles. The molecule has 0 saturated carbocycles. The molecule has 1 aromatic rings. The topological polar surface area (TPSA) is 82.4 Å². The van der Waals surface area contributed by atoms with Crippen LogP contribution < -0.4 is 9.47 Å². The van der Waals surface area contributed by atoms with Gasteiger partial charge < -0.3 is 24.8 Å². The Hall–Kier alpha value is -1.60. The van der Waals surface area contributed by atoms with Crippen LogP contribution in [-0.4, -0.2) is 51.8 Å². The Morgan fingerprint density at radius 2 is 1.91 bits per heavy atom. The first-order chi connectivity index (χ1) is 10.6. The zero-order valence-corrected chi connectivity index (χ0v) is 11.8. The summed E-state index contributed by atoms with van der Waals surface area (Å²) in [5.74, 6) is 1.27. The number of aliphatic hydroxyl groups excluding tert-OH is 3. The standard InChI is InChI=1S/C16H17NO5/c18-8-1-2-16-10-5-12-11(21-7-22-12)4-9(10)15(20)17(6-14(16)19)13(16)3-8/h1-2,4-5,8,13-15,18-20H,3,6-7H2/t8-,13-,14-,15+,16-/m0/s1. The number of rotatable bonds is 0. The Balaban J connectivity index is 1.79. The van der Waals surface area contributed by atoms with Crippen LogP contribution in [0.5, 0.6) is 11.5 Å². The number of hydrogen-bond acceptors (Lipinski definition) is 6. The molecule has 22 heavy (non-hydrogen) atoms. The van der Waals surface area contributed by atoms with Crippen molar-refractivity contribution in [2.45, 2.75) is 36.3 Å². The van der Waals surface area contributed by atoms with E-state index in [0.29, 0.717) is 24.5 Å². The second-order valence-corrected chi connectivity index (χ2v) is 6.49. The zero-order valence-electron chi connectivity index (χ0n) is 11.8. The summed E-state index contributed by atoms with van der Waals surface area (Å²) in [7, 11) is 0. The van der Waals surface area contributed by atoms with Crippen LogP contribution >= 0.6 is 0 Å². The second kappa shape index (κ2) is 4.02. The number of ether oxygens (including phenoxy) is 2. The minimum Gasteiger partial charge on any atom is -0.454 e. The minimum atomic E-state index is -0.807. The van der Waals surface area contributed by atoms with Crippen LogP contribution in [0, 0.1) is 0 Å². The third-order valence-electron chi connectivity index (χ3n) is 5.55. The van der Waals surface area contributed by atoms with Crippen LogP contribution in [0.15, 0.2) is 24.3 Å². The van der Waals surface area contributed by atoms with E-state index in [0.717, 1.165) is 11.1 Å². The molecule has 3 heterocycles. The molecule has 116 valence electrons. The molecule has 2 bridgehead atoms. The average molecular weight is 303 g/mol. The van der Waals surface area contributed by atoms with Gasteiger partial charge in [0.1, 0.15) is 6.23 Å². The van der Waals surface area contributed by atoms with Crippen LogP contribution in [0.3, 0.4) is 0 Å². The highest BCUT2D eigenvalue weighted by atomic mass is 16.7. The summed E-state index contributed by atoms with van der Waals surface area (Å²) >= 11 is 0. The molecule has 6 atom stereocenters. The molecule has 1 unspecified atom stereocenters. The molecule has 0 spiro atoms. The molecule has 0 amide bonds. The van der Waals surface area contributed by atoms with E-state index < -0.39 is 23.9 Å². The van der Waals surface area contributed by atoms with E-state index in [-0.39, 0.29) is 12.8 Å². The van der Waals surface area contributed by atoms with Crippen molar-refractivity contribution in [1.29, 1.82) is 0 Å². The molecule has 0 aromatic heterocycles. The maximum atomic E-state index is 10.7. The molecule has 0 radical (unpaired) electrons. The Bertz CT molecular complexity index is 689. The molecule has 1 aliphatic carbocycles. The molecule has 3 N–H and O–H groups in total. The fraction of sp³-hybridized carbons (Fsp3) is 0.500. The first kappa shape index (κ1) is 12.9. The van der Waals surface area contributed by atoms with Gasteiger partial charge in [-0.15, -0.1) is 0 Å². The fourth-order valence-corrected chi connectivity index (χ4v) is 4.55. The van der Waals surface area contributed by atoms with Crippen LogP contribution in [0.4, 0.5) is 0 Å². The lowest BCUT2D eigenvalue weighted by Gasteiger charge is -2.47. The van der Waals surface area contributed by atoms with Crippen molar-refractivity contribution in [2.24, 2.45) is 0 Å². The van der Waals surface area contributed by atoms with Crippen molar-refractivity contribution in [1.82, 2.24) is 4.90 Å². The first-order valence-corrected chi connectivity index (χ1v) is 7.54. The Morgan fingerprint density at radius 3 is 2.73 bits per heavy atom. The van der Waals surface area contributed by atoms with E-state index in [1.54, 1.807) is 6.08 Å². The van der Waals surface area contributed by atoms with Crippen LogP contribution in [0.25, 0.3) is 0 Å². The average Bonchev–Trinajstić information content (AvgIpc) is 3.05. The number of nitrogens with zero attached hydrogens (tertiary/aromatic N) is 1. The highest BCUT2D eigenvalue weighted by Crippen LogP contribution is 2.56. The maximum absolute atomic E-state index is 10.7. The van der Waals surface area contributed by atoms with Gasteiger partial charge in [0.25, 0.3) is 0 Å². The van der Waals surface area contributed by atoms with Crippen LogP contribution in [0.1, 0.15) is 23.8 Å². The Morgan fingerprint density at radius 1 is 1.14 bits per heavy atom. The smallest absolute Gasteiger partial charge is 0.231 e. The van der Waals surface area contributed by atoms with Gasteiger partial charge in [-0.2, -0.15) is 0 Å². The van der Waals surface area contributed by atoms with E-state index >= 15 is 0 Å². The monoisotopic (exact) mass is 303 g/mol. The Labute approximate surface area is 127 Å². The van der Waals surface area contributed by atoms with Gasteiger partial charge in [-0.25, -0.2) is 0 Å². The lowest BCUT2D eigenvalue weighted by atomic mass is 9.65. The fourth-order valence-electron chi connectivity index (χ4n) is 4.55. The summed E-state index contributed by atoms with van der Waals surface area (Å²) < 4.78 is 10.9.